The summed E-state index contributed by atoms with van der Waals surface area (Å²) in [5.41, 5.74) is 4.18. The van der Waals surface area contributed by atoms with Crippen molar-refractivity contribution in [3.05, 3.63) is 47.2 Å². The molecule has 0 amide bonds. The standard InChI is InChI=1S/C18H30N4/c1-19-11-16(12-20-2)14-22-13-15-3-5-17(6-4-15)18-7-9-21-10-8-18/h3-6,11,18-22H,7-10,12-14H2,1-2H3/b16-11+. The van der Waals surface area contributed by atoms with Crippen molar-refractivity contribution < 1.29 is 0 Å². The Morgan fingerprint density at radius 3 is 2.50 bits per heavy atom. The van der Waals surface area contributed by atoms with Gasteiger partial charge in [-0.3, -0.25) is 0 Å². The van der Waals surface area contributed by atoms with E-state index in [0.717, 1.165) is 38.6 Å². The van der Waals surface area contributed by atoms with E-state index in [1.165, 1.54) is 29.5 Å². The zero-order valence-electron chi connectivity index (χ0n) is 13.9. The summed E-state index contributed by atoms with van der Waals surface area (Å²) >= 11 is 0. The lowest BCUT2D eigenvalue weighted by molar-refractivity contribution is 0.460. The van der Waals surface area contributed by atoms with E-state index in [4.69, 9.17) is 0 Å². The number of rotatable bonds is 8. The van der Waals surface area contributed by atoms with Crippen LogP contribution >= 0.6 is 0 Å². The molecule has 0 bridgehead atoms. The van der Waals surface area contributed by atoms with Crippen LogP contribution < -0.4 is 21.3 Å². The smallest absolute Gasteiger partial charge is 0.0208 e. The van der Waals surface area contributed by atoms with Crippen molar-refractivity contribution in [3.63, 3.8) is 0 Å². The van der Waals surface area contributed by atoms with Gasteiger partial charge in [0.25, 0.3) is 0 Å². The Kier molecular flexibility index (Phi) is 7.43. The van der Waals surface area contributed by atoms with Gasteiger partial charge in [0.1, 0.15) is 0 Å². The van der Waals surface area contributed by atoms with E-state index in [1.807, 2.05) is 14.1 Å². The van der Waals surface area contributed by atoms with Crippen molar-refractivity contribution >= 4 is 0 Å². The fourth-order valence-electron chi connectivity index (χ4n) is 3.03. The van der Waals surface area contributed by atoms with Crippen LogP contribution in [0.1, 0.15) is 29.9 Å². The van der Waals surface area contributed by atoms with E-state index in [2.05, 4.69) is 51.7 Å². The first-order chi connectivity index (χ1) is 10.8. The first-order valence-corrected chi connectivity index (χ1v) is 8.33. The van der Waals surface area contributed by atoms with Crippen molar-refractivity contribution in [2.24, 2.45) is 0 Å². The van der Waals surface area contributed by atoms with Crippen molar-refractivity contribution in [3.8, 4) is 0 Å². The first-order valence-electron chi connectivity index (χ1n) is 8.33. The maximum atomic E-state index is 3.51. The summed E-state index contributed by atoms with van der Waals surface area (Å²) in [6.45, 7) is 5.03. The highest BCUT2D eigenvalue weighted by Gasteiger charge is 2.14. The third-order valence-corrected chi connectivity index (χ3v) is 4.22. The van der Waals surface area contributed by atoms with Crippen LogP contribution in [-0.4, -0.2) is 40.3 Å². The third kappa shape index (κ3) is 5.44. The monoisotopic (exact) mass is 302 g/mol. The van der Waals surface area contributed by atoms with E-state index >= 15 is 0 Å². The molecule has 4 heteroatoms. The van der Waals surface area contributed by atoms with Crippen LogP contribution in [-0.2, 0) is 6.54 Å². The molecule has 122 valence electrons. The molecule has 4 nitrogen and oxygen atoms in total. The summed E-state index contributed by atoms with van der Waals surface area (Å²) in [5, 5.41) is 13.2. The normalized spacial score (nSPS) is 16.7. The molecule has 1 heterocycles. The van der Waals surface area contributed by atoms with Gasteiger partial charge in [-0.2, -0.15) is 0 Å². The molecular formula is C18H30N4. The highest BCUT2D eigenvalue weighted by molar-refractivity contribution is 5.26. The maximum Gasteiger partial charge on any atom is 0.0208 e. The zero-order valence-corrected chi connectivity index (χ0v) is 13.9. The van der Waals surface area contributed by atoms with Gasteiger partial charge in [0.15, 0.2) is 0 Å². The van der Waals surface area contributed by atoms with Gasteiger partial charge in [-0.15, -0.1) is 0 Å². The Labute approximate surface area is 134 Å². The topological polar surface area (TPSA) is 48.1 Å². The molecule has 4 N–H and O–H groups in total. The fraction of sp³-hybridized carbons (Fsp3) is 0.556. The van der Waals surface area contributed by atoms with E-state index in [0.29, 0.717) is 0 Å². The summed E-state index contributed by atoms with van der Waals surface area (Å²) < 4.78 is 0. The minimum absolute atomic E-state index is 0.740. The molecule has 0 spiro atoms. The molecule has 0 saturated carbocycles. The SMILES string of the molecule is CN/C=C(\CNC)CNCc1ccc(C2CCNCC2)cc1. The van der Waals surface area contributed by atoms with Gasteiger partial charge in [0.2, 0.25) is 0 Å². The summed E-state index contributed by atoms with van der Waals surface area (Å²) in [6.07, 6.45) is 4.59. The Morgan fingerprint density at radius 2 is 1.86 bits per heavy atom. The summed E-state index contributed by atoms with van der Waals surface area (Å²) in [7, 11) is 3.91. The van der Waals surface area contributed by atoms with E-state index in [1.54, 1.807) is 0 Å². The van der Waals surface area contributed by atoms with E-state index in [-0.39, 0.29) is 0 Å². The van der Waals surface area contributed by atoms with Gasteiger partial charge in [-0.25, -0.2) is 0 Å². The van der Waals surface area contributed by atoms with Crippen molar-refractivity contribution in [2.75, 3.05) is 40.3 Å². The number of hydrogen-bond donors (Lipinski definition) is 4. The summed E-state index contributed by atoms with van der Waals surface area (Å²) in [6, 6.07) is 9.16. The lowest BCUT2D eigenvalue weighted by Gasteiger charge is -2.23. The predicted octanol–water partition coefficient (Wildman–Crippen LogP) is 1.57. The molecule has 0 aromatic heterocycles. The molecule has 1 aromatic carbocycles. The van der Waals surface area contributed by atoms with Crippen molar-refractivity contribution in [1.29, 1.82) is 0 Å². The van der Waals surface area contributed by atoms with Crippen LogP contribution in [0.2, 0.25) is 0 Å². The quantitative estimate of drug-likeness (QED) is 0.589. The minimum atomic E-state index is 0.740. The molecule has 22 heavy (non-hydrogen) atoms. The average molecular weight is 302 g/mol. The van der Waals surface area contributed by atoms with Crippen molar-refractivity contribution in [1.82, 2.24) is 21.3 Å². The average Bonchev–Trinajstić information content (AvgIpc) is 2.57. The van der Waals surface area contributed by atoms with Crippen molar-refractivity contribution in [2.45, 2.75) is 25.3 Å². The predicted molar refractivity (Wildman–Crippen MR) is 94.1 cm³/mol. The van der Waals surface area contributed by atoms with Gasteiger partial charge in [0, 0.05) is 26.7 Å². The molecule has 1 aromatic rings. The number of nitrogens with one attached hydrogen (secondary N) is 4. The molecule has 1 fully saturated rings. The molecule has 1 saturated heterocycles. The molecular weight excluding hydrogens is 272 g/mol. The maximum absolute atomic E-state index is 3.51. The van der Waals surface area contributed by atoms with Crippen LogP contribution in [0.25, 0.3) is 0 Å². The van der Waals surface area contributed by atoms with Crippen LogP contribution in [0.15, 0.2) is 36.0 Å². The lowest BCUT2D eigenvalue weighted by atomic mass is 9.90. The van der Waals surface area contributed by atoms with Crippen LogP contribution in [0.4, 0.5) is 0 Å². The van der Waals surface area contributed by atoms with Gasteiger partial charge in [-0.05, 0) is 61.8 Å². The second-order valence-electron chi connectivity index (χ2n) is 5.99. The molecule has 2 rings (SSSR count). The first kappa shape index (κ1) is 17.0. The Balaban J connectivity index is 1.79. The summed E-state index contributed by atoms with van der Waals surface area (Å²) in [4.78, 5) is 0. The molecule has 0 unspecified atom stereocenters. The fourth-order valence-corrected chi connectivity index (χ4v) is 3.03. The molecule has 1 aliphatic rings. The number of piperidine rings is 1. The Morgan fingerprint density at radius 1 is 1.14 bits per heavy atom. The van der Waals surface area contributed by atoms with Gasteiger partial charge >= 0.3 is 0 Å². The van der Waals surface area contributed by atoms with Crippen LogP contribution in [0, 0.1) is 0 Å². The highest BCUT2D eigenvalue weighted by Crippen LogP contribution is 2.25. The molecule has 0 aliphatic carbocycles. The Hall–Kier alpha value is -1.36. The lowest BCUT2D eigenvalue weighted by Crippen LogP contribution is -2.26. The summed E-state index contributed by atoms with van der Waals surface area (Å²) in [5.74, 6) is 0.740. The highest BCUT2D eigenvalue weighted by atomic mass is 14.9. The molecule has 0 atom stereocenters. The number of hydrogen-bond acceptors (Lipinski definition) is 4. The van der Waals surface area contributed by atoms with Gasteiger partial charge < -0.3 is 21.3 Å². The van der Waals surface area contributed by atoms with E-state index in [9.17, 15) is 0 Å². The second-order valence-corrected chi connectivity index (χ2v) is 5.99. The van der Waals surface area contributed by atoms with E-state index < -0.39 is 0 Å². The third-order valence-electron chi connectivity index (χ3n) is 4.22. The minimum Gasteiger partial charge on any atom is -0.394 e. The largest absolute Gasteiger partial charge is 0.394 e. The van der Waals surface area contributed by atoms with Crippen LogP contribution in [0.3, 0.4) is 0 Å². The van der Waals surface area contributed by atoms with Gasteiger partial charge in [0.05, 0.1) is 0 Å². The molecule has 0 radical (unpaired) electrons. The number of likely N-dealkylation sites (N-methyl/N-ethyl adjacent to an activating group) is 1. The van der Waals surface area contributed by atoms with Gasteiger partial charge in [-0.1, -0.05) is 24.3 Å². The zero-order chi connectivity index (χ0) is 15.6. The molecule has 1 aliphatic heterocycles. The van der Waals surface area contributed by atoms with Crippen LogP contribution in [0.5, 0.6) is 0 Å². The Bertz CT molecular complexity index is 447. The number of benzene rings is 1. The second kappa shape index (κ2) is 9.62.